The van der Waals surface area contributed by atoms with E-state index in [0.717, 1.165) is 43.0 Å². The normalized spacial score (nSPS) is 19.5. The minimum atomic E-state index is -0.994. The zero-order valence-corrected chi connectivity index (χ0v) is 23.1. The molecule has 0 heterocycles. The Morgan fingerprint density at radius 2 is 1.79 bits per heavy atom. The van der Waals surface area contributed by atoms with Gasteiger partial charge in [0.2, 0.25) is 5.91 Å². The molecule has 1 aliphatic carbocycles. The Morgan fingerprint density at radius 3 is 2.37 bits per heavy atom. The predicted octanol–water partition coefficient (Wildman–Crippen LogP) is 5.12. The number of nitrogens with one attached hydrogen (secondary N) is 2. The minimum Gasteiger partial charge on any atom is -0.396 e. The van der Waals surface area contributed by atoms with Crippen molar-refractivity contribution in [1.82, 2.24) is 10.6 Å². The zero-order chi connectivity index (χ0) is 27.9. The number of aliphatic hydroxyl groups is 1. The molecule has 0 aromatic heterocycles. The van der Waals surface area contributed by atoms with Gasteiger partial charge >= 0.3 is 0 Å². The Bertz CT molecular complexity index is 1100. The van der Waals surface area contributed by atoms with Crippen LogP contribution in [-0.2, 0) is 27.0 Å². The maximum Gasteiger partial charge on any atom is 0.217 e. The summed E-state index contributed by atoms with van der Waals surface area (Å²) in [4.78, 5) is 17.2. The molecule has 1 fully saturated rings. The van der Waals surface area contributed by atoms with E-state index < -0.39 is 29.3 Å². The van der Waals surface area contributed by atoms with Gasteiger partial charge < -0.3 is 20.6 Å². The monoisotopic (exact) mass is 529 g/mol. The van der Waals surface area contributed by atoms with Crippen molar-refractivity contribution in [2.24, 2.45) is 5.16 Å². The van der Waals surface area contributed by atoms with Gasteiger partial charge in [-0.25, -0.2) is 8.78 Å². The van der Waals surface area contributed by atoms with Crippen LogP contribution >= 0.6 is 0 Å². The summed E-state index contributed by atoms with van der Waals surface area (Å²) in [5.41, 5.74) is 3.29. The fraction of sp³-hybridized carbons (Fsp3) is 0.533. The second kappa shape index (κ2) is 12.8. The van der Waals surface area contributed by atoms with Gasteiger partial charge in [0, 0.05) is 25.1 Å². The van der Waals surface area contributed by atoms with Crippen LogP contribution in [0.25, 0.3) is 0 Å². The van der Waals surface area contributed by atoms with Crippen LogP contribution in [0.15, 0.2) is 47.6 Å². The van der Waals surface area contributed by atoms with Crippen molar-refractivity contribution in [3.8, 4) is 0 Å². The third-order valence-corrected chi connectivity index (χ3v) is 7.17. The molecule has 3 N–H and O–H groups in total. The van der Waals surface area contributed by atoms with Gasteiger partial charge in [0.15, 0.2) is 0 Å². The number of carbonyl (C=O) groups excluding carboxylic acids is 1. The van der Waals surface area contributed by atoms with E-state index in [9.17, 15) is 18.7 Å². The van der Waals surface area contributed by atoms with E-state index >= 15 is 0 Å². The molecule has 3 rings (SSSR count). The molecule has 1 amide bonds. The summed E-state index contributed by atoms with van der Waals surface area (Å²) < 4.78 is 27.6. The maximum absolute atomic E-state index is 13.8. The number of rotatable bonds is 10. The van der Waals surface area contributed by atoms with E-state index in [2.05, 4.69) is 60.8 Å². The molecule has 208 valence electrons. The molecule has 6 nitrogen and oxygen atoms in total. The summed E-state index contributed by atoms with van der Waals surface area (Å²) >= 11 is 0. The molecule has 0 radical (unpaired) electrons. The molecule has 38 heavy (non-hydrogen) atoms. The maximum atomic E-state index is 13.8. The van der Waals surface area contributed by atoms with Gasteiger partial charge in [-0.05, 0) is 73.3 Å². The summed E-state index contributed by atoms with van der Waals surface area (Å²) in [6, 6.07) is 11.1. The number of aliphatic hydroxyl groups excluding tert-OH is 1. The molecule has 1 saturated carbocycles. The first-order valence-corrected chi connectivity index (χ1v) is 13.4. The third-order valence-electron chi connectivity index (χ3n) is 7.17. The number of hydrogen-bond acceptors (Lipinski definition) is 5. The molecule has 0 spiro atoms. The number of nitrogens with zero attached hydrogens (tertiary/aromatic N) is 1. The molecular formula is C30H41F2N3O3. The number of amides is 1. The molecule has 8 heteroatoms. The Labute approximate surface area is 224 Å². The first-order valence-electron chi connectivity index (χ1n) is 13.4. The predicted molar refractivity (Wildman–Crippen MR) is 146 cm³/mol. The van der Waals surface area contributed by atoms with Crippen molar-refractivity contribution in [2.45, 2.75) is 89.8 Å². The molecule has 0 unspecified atom stereocenters. The standard InChI is InChI=1S/C30H41F2N3O3/c1-6-38-35-26-10-12-30(13-11-26,23-9-7-8-22(17-23)29(3,4)5)33-19-28(37)27(34-20(2)36)16-21-14-24(31)18-25(32)15-21/h7-9,14-15,17-18,27-28,33,37H,6,10-13,16,19H2,1-5H3,(H,34,36)/t27-,28+,30?/m0/s1. The molecule has 1 aliphatic rings. The first kappa shape index (κ1) is 29.7. The van der Waals surface area contributed by atoms with Crippen molar-refractivity contribution in [1.29, 1.82) is 0 Å². The number of oxime groups is 1. The summed E-state index contributed by atoms with van der Waals surface area (Å²) in [5.74, 6) is -1.72. The SMILES string of the molecule is CCON=C1CCC(NC[C@@H](O)[C@H](Cc2cc(F)cc(F)c2)NC(C)=O)(c2cccc(C(C)(C)C)c2)CC1. The largest absolute Gasteiger partial charge is 0.396 e. The van der Waals surface area contributed by atoms with E-state index in [-0.39, 0.29) is 24.3 Å². The van der Waals surface area contributed by atoms with Gasteiger partial charge in [-0.2, -0.15) is 0 Å². The summed E-state index contributed by atoms with van der Waals surface area (Å²) in [6.45, 7) is 10.5. The molecule has 2 aromatic rings. The fourth-order valence-corrected chi connectivity index (χ4v) is 5.03. The lowest BCUT2D eigenvalue weighted by molar-refractivity contribution is -0.120. The fourth-order valence-electron chi connectivity index (χ4n) is 5.03. The third kappa shape index (κ3) is 8.08. The van der Waals surface area contributed by atoms with E-state index in [1.165, 1.54) is 24.6 Å². The van der Waals surface area contributed by atoms with Gasteiger partial charge in [0.1, 0.15) is 18.2 Å². The highest BCUT2D eigenvalue weighted by atomic mass is 19.1. The van der Waals surface area contributed by atoms with E-state index in [1.54, 1.807) is 0 Å². The van der Waals surface area contributed by atoms with Gasteiger partial charge in [-0.3, -0.25) is 4.79 Å². The Balaban J connectivity index is 1.85. The molecule has 2 aromatic carbocycles. The van der Waals surface area contributed by atoms with Crippen molar-refractivity contribution < 1.29 is 23.5 Å². The van der Waals surface area contributed by atoms with E-state index in [1.807, 2.05) is 6.92 Å². The number of hydrogen-bond donors (Lipinski definition) is 3. The number of carbonyl (C=O) groups is 1. The van der Waals surface area contributed by atoms with Crippen LogP contribution in [0, 0.1) is 11.6 Å². The van der Waals surface area contributed by atoms with Crippen LogP contribution in [0.3, 0.4) is 0 Å². The van der Waals surface area contributed by atoms with E-state index in [4.69, 9.17) is 4.84 Å². The Hall–Kier alpha value is -2.84. The molecule has 2 atom stereocenters. The second-order valence-electron chi connectivity index (χ2n) is 11.2. The van der Waals surface area contributed by atoms with Gasteiger partial charge in [-0.15, -0.1) is 0 Å². The van der Waals surface area contributed by atoms with Crippen molar-refractivity contribution >= 4 is 11.6 Å². The van der Waals surface area contributed by atoms with Crippen LogP contribution in [0.4, 0.5) is 8.78 Å². The highest BCUT2D eigenvalue weighted by molar-refractivity contribution is 5.85. The molecular weight excluding hydrogens is 488 g/mol. The van der Waals surface area contributed by atoms with Gasteiger partial charge in [0.25, 0.3) is 0 Å². The van der Waals surface area contributed by atoms with Crippen molar-refractivity contribution in [3.05, 3.63) is 70.8 Å². The first-order chi connectivity index (χ1) is 17.9. The quantitative estimate of drug-likeness (QED) is 0.373. The lowest BCUT2D eigenvalue weighted by Crippen LogP contribution is -2.53. The second-order valence-corrected chi connectivity index (χ2v) is 11.2. The number of benzene rings is 2. The lowest BCUT2D eigenvalue weighted by atomic mass is 9.74. The smallest absolute Gasteiger partial charge is 0.217 e. The zero-order valence-electron chi connectivity index (χ0n) is 23.1. The highest BCUT2D eigenvalue weighted by Crippen LogP contribution is 2.38. The Morgan fingerprint density at radius 1 is 1.13 bits per heavy atom. The van der Waals surface area contributed by atoms with Crippen LogP contribution in [-0.4, -0.2) is 42.0 Å². The number of halogens is 2. The molecule has 0 bridgehead atoms. The lowest BCUT2D eigenvalue weighted by Gasteiger charge is -2.41. The summed E-state index contributed by atoms with van der Waals surface area (Å²) in [5, 5.41) is 21.8. The van der Waals surface area contributed by atoms with Gasteiger partial charge in [0.05, 0.1) is 17.9 Å². The van der Waals surface area contributed by atoms with Crippen molar-refractivity contribution in [2.75, 3.05) is 13.2 Å². The minimum absolute atomic E-state index is 0.0241. The topological polar surface area (TPSA) is 82.9 Å². The average molecular weight is 530 g/mol. The van der Waals surface area contributed by atoms with E-state index in [0.29, 0.717) is 12.2 Å². The highest BCUT2D eigenvalue weighted by Gasteiger charge is 2.37. The Kier molecular flexibility index (Phi) is 10.0. The van der Waals surface area contributed by atoms with Crippen LogP contribution in [0.2, 0.25) is 0 Å². The van der Waals surface area contributed by atoms with Crippen LogP contribution < -0.4 is 10.6 Å². The molecule has 0 aliphatic heterocycles. The van der Waals surface area contributed by atoms with Gasteiger partial charge in [-0.1, -0.05) is 50.2 Å². The average Bonchev–Trinajstić information content (AvgIpc) is 2.85. The summed E-state index contributed by atoms with van der Waals surface area (Å²) in [7, 11) is 0. The van der Waals surface area contributed by atoms with Crippen molar-refractivity contribution in [3.63, 3.8) is 0 Å². The summed E-state index contributed by atoms with van der Waals surface area (Å²) in [6.07, 6.45) is 2.13. The van der Waals surface area contributed by atoms with Crippen LogP contribution in [0.5, 0.6) is 0 Å². The molecule has 0 saturated heterocycles. The van der Waals surface area contributed by atoms with Crippen LogP contribution in [0.1, 0.15) is 77.0 Å².